The van der Waals surface area contributed by atoms with Crippen molar-refractivity contribution < 1.29 is 14.7 Å². The predicted octanol–water partition coefficient (Wildman–Crippen LogP) is 1.48. The number of aromatic nitrogens is 2. The number of carbonyl (C=O) groups excluding carboxylic acids is 1. The molecule has 21 heavy (non-hydrogen) atoms. The number of H-pyrrole nitrogens is 1. The molecule has 0 saturated heterocycles. The maximum absolute atomic E-state index is 12.2. The molecule has 1 aromatic rings. The summed E-state index contributed by atoms with van der Waals surface area (Å²) in [6.07, 6.45) is 4.19. The Kier molecular flexibility index (Phi) is 6.71. The fraction of sp³-hybridized carbons (Fsp3) is 0.643. The van der Waals surface area contributed by atoms with E-state index in [-0.39, 0.29) is 12.5 Å². The molecule has 0 spiro atoms. The van der Waals surface area contributed by atoms with E-state index in [9.17, 15) is 14.7 Å². The molecule has 1 aromatic heterocycles. The van der Waals surface area contributed by atoms with Crippen LogP contribution in [0.4, 0.5) is 4.79 Å². The van der Waals surface area contributed by atoms with Crippen LogP contribution in [0.15, 0.2) is 12.5 Å². The molecule has 3 N–H and O–H groups in total. The summed E-state index contributed by atoms with van der Waals surface area (Å²) < 4.78 is 0. The Bertz CT molecular complexity index is 447. The number of carboxylic acids is 1. The molecule has 2 unspecified atom stereocenters. The van der Waals surface area contributed by atoms with E-state index < -0.39 is 12.0 Å². The van der Waals surface area contributed by atoms with Crippen LogP contribution in [0.5, 0.6) is 0 Å². The second-order valence-corrected chi connectivity index (χ2v) is 5.17. The lowest BCUT2D eigenvalue weighted by Gasteiger charge is -2.26. The van der Waals surface area contributed by atoms with E-state index in [0.717, 1.165) is 6.42 Å². The van der Waals surface area contributed by atoms with E-state index >= 15 is 0 Å². The highest BCUT2D eigenvalue weighted by Crippen LogP contribution is 2.06. The topological polar surface area (TPSA) is 98.3 Å². The van der Waals surface area contributed by atoms with Gasteiger partial charge in [0.05, 0.1) is 6.33 Å². The van der Waals surface area contributed by atoms with Crippen LogP contribution in [0.3, 0.4) is 0 Å². The van der Waals surface area contributed by atoms with E-state index in [1.54, 1.807) is 11.1 Å². The first-order chi connectivity index (χ1) is 9.97. The fourth-order valence-electron chi connectivity index (χ4n) is 1.92. The SMILES string of the molecule is CCC(C)CN(CC)C(=O)NC(Cc1cnc[nH]1)C(=O)O. The molecule has 1 heterocycles. The Hall–Kier alpha value is -2.05. The van der Waals surface area contributed by atoms with Gasteiger partial charge in [0, 0.05) is 31.4 Å². The number of amides is 2. The Morgan fingerprint density at radius 1 is 1.48 bits per heavy atom. The molecule has 1 rings (SSSR count). The molecule has 2 atom stereocenters. The summed E-state index contributed by atoms with van der Waals surface area (Å²) in [5.41, 5.74) is 0.674. The molecule has 0 saturated carbocycles. The Labute approximate surface area is 124 Å². The van der Waals surface area contributed by atoms with Gasteiger partial charge in [-0.2, -0.15) is 0 Å². The van der Waals surface area contributed by atoms with Gasteiger partial charge in [-0.3, -0.25) is 0 Å². The number of hydrogen-bond donors (Lipinski definition) is 3. The number of nitrogens with one attached hydrogen (secondary N) is 2. The van der Waals surface area contributed by atoms with Gasteiger partial charge in [0.25, 0.3) is 0 Å². The van der Waals surface area contributed by atoms with Crippen LogP contribution >= 0.6 is 0 Å². The summed E-state index contributed by atoms with van der Waals surface area (Å²) in [5, 5.41) is 11.8. The zero-order chi connectivity index (χ0) is 15.8. The van der Waals surface area contributed by atoms with E-state index in [4.69, 9.17) is 0 Å². The summed E-state index contributed by atoms with van der Waals surface area (Å²) in [6.45, 7) is 7.18. The van der Waals surface area contributed by atoms with Crippen LogP contribution in [0, 0.1) is 5.92 Å². The number of hydrogen-bond acceptors (Lipinski definition) is 3. The number of carboxylic acid groups (broad SMARTS) is 1. The molecular weight excluding hydrogens is 272 g/mol. The number of urea groups is 1. The van der Waals surface area contributed by atoms with Crippen LogP contribution in [0.25, 0.3) is 0 Å². The van der Waals surface area contributed by atoms with Crippen molar-refractivity contribution in [1.29, 1.82) is 0 Å². The first-order valence-electron chi connectivity index (χ1n) is 7.23. The van der Waals surface area contributed by atoms with Gasteiger partial charge in [-0.1, -0.05) is 20.3 Å². The largest absolute Gasteiger partial charge is 0.480 e. The number of aromatic amines is 1. The highest BCUT2D eigenvalue weighted by Gasteiger charge is 2.24. The van der Waals surface area contributed by atoms with Crippen molar-refractivity contribution in [1.82, 2.24) is 20.2 Å². The van der Waals surface area contributed by atoms with Crippen molar-refractivity contribution in [3.05, 3.63) is 18.2 Å². The summed E-state index contributed by atoms with van der Waals surface area (Å²) in [5.74, 6) is -0.677. The summed E-state index contributed by atoms with van der Waals surface area (Å²) in [4.78, 5) is 31.8. The van der Waals surface area contributed by atoms with Crippen molar-refractivity contribution >= 4 is 12.0 Å². The Balaban J connectivity index is 2.64. The molecule has 0 aliphatic heterocycles. The van der Waals surface area contributed by atoms with E-state index in [0.29, 0.717) is 24.7 Å². The van der Waals surface area contributed by atoms with Gasteiger partial charge in [0.1, 0.15) is 6.04 Å². The van der Waals surface area contributed by atoms with Gasteiger partial charge in [-0.25, -0.2) is 14.6 Å². The normalized spacial score (nSPS) is 13.5. The van der Waals surface area contributed by atoms with Gasteiger partial charge in [0.15, 0.2) is 0 Å². The molecule has 7 nitrogen and oxygen atoms in total. The van der Waals surface area contributed by atoms with Crippen LogP contribution in [-0.4, -0.2) is 51.1 Å². The number of aliphatic carboxylic acids is 1. The molecular formula is C14H24N4O3. The molecule has 118 valence electrons. The van der Waals surface area contributed by atoms with Gasteiger partial charge >= 0.3 is 12.0 Å². The van der Waals surface area contributed by atoms with Crippen LogP contribution < -0.4 is 5.32 Å². The molecule has 0 aliphatic rings. The Morgan fingerprint density at radius 2 is 2.19 bits per heavy atom. The average molecular weight is 296 g/mol. The number of nitrogens with zero attached hydrogens (tertiary/aromatic N) is 2. The van der Waals surface area contributed by atoms with Crippen LogP contribution in [0.2, 0.25) is 0 Å². The maximum Gasteiger partial charge on any atom is 0.326 e. The third kappa shape index (κ3) is 5.45. The van der Waals surface area contributed by atoms with Gasteiger partial charge in [-0.15, -0.1) is 0 Å². The van der Waals surface area contributed by atoms with Crippen LogP contribution in [-0.2, 0) is 11.2 Å². The number of imidazole rings is 1. The lowest BCUT2D eigenvalue weighted by Crippen LogP contribution is -2.49. The third-order valence-electron chi connectivity index (χ3n) is 3.47. The van der Waals surface area contributed by atoms with E-state index in [1.807, 2.05) is 6.92 Å². The Morgan fingerprint density at radius 3 is 2.67 bits per heavy atom. The summed E-state index contributed by atoms with van der Waals surface area (Å²) in [6, 6.07) is -1.31. The minimum absolute atomic E-state index is 0.182. The smallest absolute Gasteiger partial charge is 0.326 e. The van der Waals surface area contributed by atoms with E-state index in [2.05, 4.69) is 29.1 Å². The first kappa shape index (κ1) is 17.0. The minimum atomic E-state index is -1.06. The first-order valence-corrected chi connectivity index (χ1v) is 7.23. The standard InChI is InChI=1S/C14H24N4O3/c1-4-10(3)8-18(5-2)14(21)17-12(13(19)20)6-11-7-15-9-16-11/h7,9-10,12H,4-6,8H2,1-3H3,(H,15,16)(H,17,21)(H,19,20). The van der Waals surface area contributed by atoms with E-state index in [1.165, 1.54) is 6.33 Å². The predicted molar refractivity (Wildman–Crippen MR) is 78.9 cm³/mol. The monoisotopic (exact) mass is 296 g/mol. The number of carbonyl (C=O) groups is 2. The summed E-state index contributed by atoms with van der Waals surface area (Å²) in [7, 11) is 0. The lowest BCUT2D eigenvalue weighted by molar-refractivity contribution is -0.139. The molecule has 0 aliphatic carbocycles. The zero-order valence-electron chi connectivity index (χ0n) is 12.8. The maximum atomic E-state index is 12.2. The molecule has 0 bridgehead atoms. The molecule has 7 heteroatoms. The van der Waals surface area contributed by atoms with Gasteiger partial charge in [-0.05, 0) is 12.8 Å². The van der Waals surface area contributed by atoms with Crippen molar-refractivity contribution in [3.63, 3.8) is 0 Å². The van der Waals surface area contributed by atoms with Gasteiger partial charge in [0.2, 0.25) is 0 Å². The fourth-order valence-corrected chi connectivity index (χ4v) is 1.92. The third-order valence-corrected chi connectivity index (χ3v) is 3.47. The van der Waals surface area contributed by atoms with Crippen molar-refractivity contribution in [2.75, 3.05) is 13.1 Å². The highest BCUT2D eigenvalue weighted by atomic mass is 16.4. The average Bonchev–Trinajstić information content (AvgIpc) is 2.96. The van der Waals surface area contributed by atoms with Crippen molar-refractivity contribution in [2.24, 2.45) is 5.92 Å². The van der Waals surface area contributed by atoms with Gasteiger partial charge < -0.3 is 20.3 Å². The zero-order valence-corrected chi connectivity index (χ0v) is 12.8. The molecule has 0 fully saturated rings. The second-order valence-electron chi connectivity index (χ2n) is 5.17. The quantitative estimate of drug-likeness (QED) is 0.676. The minimum Gasteiger partial charge on any atom is -0.480 e. The second kappa shape index (κ2) is 8.28. The lowest BCUT2D eigenvalue weighted by atomic mass is 10.1. The van der Waals surface area contributed by atoms with Crippen molar-refractivity contribution in [2.45, 2.75) is 39.7 Å². The van der Waals surface area contributed by atoms with Crippen molar-refractivity contribution in [3.8, 4) is 0 Å². The molecule has 2 amide bonds. The van der Waals surface area contributed by atoms with Crippen LogP contribution in [0.1, 0.15) is 32.9 Å². The molecule has 0 aromatic carbocycles. The molecule has 0 radical (unpaired) electrons. The summed E-state index contributed by atoms with van der Waals surface area (Å²) >= 11 is 0. The number of rotatable bonds is 8. The highest BCUT2D eigenvalue weighted by molar-refractivity contribution is 5.82.